The van der Waals surface area contributed by atoms with Gasteiger partial charge in [0.2, 0.25) is 5.91 Å². The zero-order valence-corrected chi connectivity index (χ0v) is 32.0. The number of hydrogen-bond donors (Lipinski definition) is 4. The summed E-state index contributed by atoms with van der Waals surface area (Å²) in [6.45, 7) is 3.68. The van der Waals surface area contributed by atoms with Gasteiger partial charge < -0.3 is 30.4 Å². The van der Waals surface area contributed by atoms with Crippen molar-refractivity contribution in [3.05, 3.63) is 81.5 Å². The minimum atomic E-state index is -0.684. The van der Waals surface area contributed by atoms with Crippen LogP contribution >= 0.6 is 23.2 Å². The molecule has 2 aromatic carbocycles. The molecule has 4 aromatic rings. The quantitative estimate of drug-likeness (QED) is 0.129. The number of carboxylic acids is 1. The van der Waals surface area contributed by atoms with Crippen LogP contribution in [-0.4, -0.2) is 75.1 Å². The van der Waals surface area contributed by atoms with Crippen molar-refractivity contribution in [3.63, 3.8) is 0 Å². The van der Waals surface area contributed by atoms with Crippen LogP contribution in [0.15, 0.2) is 48.7 Å². The van der Waals surface area contributed by atoms with Gasteiger partial charge in [0, 0.05) is 92.8 Å². The lowest BCUT2D eigenvalue weighted by molar-refractivity contribution is -0.143. The predicted octanol–water partition coefficient (Wildman–Crippen LogP) is 6.33. The zero-order chi connectivity index (χ0) is 37.9. The van der Waals surface area contributed by atoms with Crippen LogP contribution in [0.1, 0.15) is 66.1 Å². The highest BCUT2D eigenvalue weighted by atomic mass is 35.5. The Balaban J connectivity index is 1.03. The number of halogens is 2. The van der Waals surface area contributed by atoms with E-state index in [9.17, 15) is 19.5 Å². The van der Waals surface area contributed by atoms with Crippen LogP contribution in [0.5, 0.6) is 5.75 Å². The molecule has 0 bridgehead atoms. The molecule has 1 atom stereocenters. The lowest BCUT2D eigenvalue weighted by Crippen LogP contribution is -2.36. The monoisotopic (exact) mass is 773 g/mol. The molecule has 54 heavy (non-hydrogen) atoms. The number of aliphatic carboxylic acids is 1. The molecule has 4 heterocycles. The fourth-order valence-corrected chi connectivity index (χ4v) is 8.61. The maximum absolute atomic E-state index is 13.7. The van der Waals surface area contributed by atoms with Gasteiger partial charge in [-0.2, -0.15) is 0 Å². The first-order valence-electron chi connectivity index (χ1n) is 18.5. The van der Waals surface area contributed by atoms with Gasteiger partial charge in [-0.25, -0.2) is 4.98 Å². The first-order chi connectivity index (χ1) is 26.1. The Bertz CT molecular complexity index is 2060. The van der Waals surface area contributed by atoms with Crippen molar-refractivity contribution < 1.29 is 24.2 Å². The van der Waals surface area contributed by atoms with E-state index >= 15 is 0 Å². The summed E-state index contributed by atoms with van der Waals surface area (Å²) in [5.41, 5.74) is 5.97. The molecule has 1 aliphatic carbocycles. The van der Waals surface area contributed by atoms with Gasteiger partial charge in [0.05, 0.1) is 40.1 Å². The Labute approximate surface area is 324 Å². The molecule has 2 fully saturated rings. The molecule has 1 saturated carbocycles. The van der Waals surface area contributed by atoms with Gasteiger partial charge in [0.1, 0.15) is 5.75 Å². The molecule has 2 aromatic heterocycles. The summed E-state index contributed by atoms with van der Waals surface area (Å²) in [7, 11) is 3.49. The number of nitrogens with one attached hydrogen (secondary N) is 3. The second-order valence-electron chi connectivity index (χ2n) is 14.5. The molecule has 0 radical (unpaired) electrons. The third kappa shape index (κ3) is 8.12. The number of carbonyl (C=O) groups is 3. The van der Waals surface area contributed by atoms with E-state index in [0.29, 0.717) is 76.1 Å². The van der Waals surface area contributed by atoms with Crippen LogP contribution in [-0.2, 0) is 36.1 Å². The summed E-state index contributed by atoms with van der Waals surface area (Å²) < 4.78 is 7.59. The highest BCUT2D eigenvalue weighted by molar-refractivity contribution is 6.39. The van der Waals surface area contributed by atoms with Crippen molar-refractivity contribution in [2.75, 3.05) is 32.1 Å². The van der Waals surface area contributed by atoms with Gasteiger partial charge in [-0.15, -0.1) is 0 Å². The molecule has 7 rings (SSSR count). The van der Waals surface area contributed by atoms with Crippen molar-refractivity contribution in [1.82, 2.24) is 30.1 Å². The van der Waals surface area contributed by atoms with E-state index < -0.39 is 5.97 Å². The molecule has 2 amide bonds. The summed E-state index contributed by atoms with van der Waals surface area (Å²) >= 11 is 14.0. The topological polar surface area (TPSA) is 151 Å². The van der Waals surface area contributed by atoms with Gasteiger partial charge >= 0.3 is 5.97 Å². The number of amides is 2. The molecule has 0 spiro atoms. The highest BCUT2D eigenvalue weighted by Gasteiger charge is 2.30. The molecule has 2 aliphatic heterocycles. The lowest BCUT2D eigenvalue weighted by atomic mass is 9.81. The second kappa shape index (κ2) is 16.5. The fraction of sp³-hybridized carbons (Fsp3) is 0.425. The largest absolute Gasteiger partial charge is 0.496 e. The molecule has 3 aliphatic rings. The SMILES string of the molecule is COc1cc(-c2nccc(-c3cccc(NC(=O)c4nc5c(n4C)CCN(C[C@H]4CC[C@@H](C(=O)O)CC4)C5)c3Cl)c2Cl)ccc1CNC[C@H]1CCC(=O)N1. The maximum atomic E-state index is 13.7. The van der Waals surface area contributed by atoms with Gasteiger partial charge in [-0.05, 0) is 56.2 Å². The molecule has 12 nitrogen and oxygen atoms in total. The number of imidazole rings is 1. The molecule has 284 valence electrons. The predicted molar refractivity (Wildman–Crippen MR) is 208 cm³/mol. The number of ether oxygens (including phenoxy) is 1. The molecule has 1 saturated heterocycles. The van der Waals surface area contributed by atoms with Crippen LogP contribution < -0.4 is 20.7 Å². The fourth-order valence-electron chi connectivity index (χ4n) is 8.02. The second-order valence-corrected chi connectivity index (χ2v) is 15.3. The smallest absolute Gasteiger partial charge is 0.306 e. The molecule has 4 N–H and O–H groups in total. The van der Waals surface area contributed by atoms with Gasteiger partial charge in [-0.1, -0.05) is 47.5 Å². The number of nitrogens with zero attached hydrogens (tertiary/aromatic N) is 4. The Morgan fingerprint density at radius 3 is 2.57 bits per heavy atom. The van der Waals surface area contributed by atoms with Gasteiger partial charge in [-0.3, -0.25) is 24.3 Å². The van der Waals surface area contributed by atoms with E-state index in [1.54, 1.807) is 25.4 Å². The minimum Gasteiger partial charge on any atom is -0.496 e. The van der Waals surface area contributed by atoms with E-state index in [2.05, 4.69) is 25.8 Å². The van der Waals surface area contributed by atoms with Crippen molar-refractivity contribution >= 4 is 46.7 Å². The minimum absolute atomic E-state index is 0.0929. The number of carbonyl (C=O) groups excluding carboxylic acids is 2. The van der Waals surface area contributed by atoms with E-state index in [0.717, 1.165) is 74.1 Å². The van der Waals surface area contributed by atoms with Gasteiger partial charge in [0.15, 0.2) is 5.82 Å². The first kappa shape index (κ1) is 37.8. The van der Waals surface area contributed by atoms with Crippen molar-refractivity contribution in [3.8, 4) is 28.1 Å². The molecular formula is C40H45Cl2N7O5. The average molecular weight is 775 g/mol. The van der Waals surface area contributed by atoms with Crippen molar-refractivity contribution in [1.29, 1.82) is 0 Å². The zero-order valence-electron chi connectivity index (χ0n) is 30.5. The summed E-state index contributed by atoms with van der Waals surface area (Å²) in [6, 6.07) is 13.2. The Kier molecular flexibility index (Phi) is 11.5. The van der Waals surface area contributed by atoms with Crippen molar-refractivity contribution in [2.24, 2.45) is 18.9 Å². The Morgan fingerprint density at radius 1 is 1.04 bits per heavy atom. The molecular weight excluding hydrogens is 729 g/mol. The number of pyridine rings is 1. The summed E-state index contributed by atoms with van der Waals surface area (Å²) in [6.07, 6.45) is 7.17. The number of methoxy groups -OCH3 is 1. The Hall–Kier alpha value is -4.49. The Morgan fingerprint density at radius 2 is 1.83 bits per heavy atom. The summed E-state index contributed by atoms with van der Waals surface area (Å²) in [4.78, 5) is 48.3. The normalized spacial score (nSPS) is 20.0. The third-order valence-corrected chi connectivity index (χ3v) is 11.8. The number of rotatable bonds is 12. The van der Waals surface area contributed by atoms with E-state index in [1.807, 2.05) is 41.9 Å². The van der Waals surface area contributed by atoms with E-state index in [1.165, 1.54) is 0 Å². The van der Waals surface area contributed by atoms with Gasteiger partial charge in [0.25, 0.3) is 5.91 Å². The summed E-state index contributed by atoms with van der Waals surface area (Å²) in [5.74, 6) is 0.301. The molecule has 14 heteroatoms. The van der Waals surface area contributed by atoms with Crippen LogP contribution in [0, 0.1) is 11.8 Å². The highest BCUT2D eigenvalue weighted by Crippen LogP contribution is 2.41. The van der Waals surface area contributed by atoms with Crippen LogP contribution in [0.25, 0.3) is 22.4 Å². The average Bonchev–Trinajstić information content (AvgIpc) is 3.74. The third-order valence-electron chi connectivity index (χ3n) is 11.0. The van der Waals surface area contributed by atoms with Crippen LogP contribution in [0.2, 0.25) is 10.0 Å². The first-order valence-corrected chi connectivity index (χ1v) is 19.3. The number of fused-ring (bicyclic) bond motifs is 1. The molecule has 0 unspecified atom stereocenters. The number of anilines is 1. The number of benzene rings is 2. The van der Waals surface area contributed by atoms with E-state index in [-0.39, 0.29) is 23.8 Å². The number of carboxylic acid groups (broad SMARTS) is 1. The van der Waals surface area contributed by atoms with Crippen LogP contribution in [0.4, 0.5) is 5.69 Å². The van der Waals surface area contributed by atoms with Crippen molar-refractivity contribution in [2.45, 2.75) is 64.1 Å². The summed E-state index contributed by atoms with van der Waals surface area (Å²) in [5, 5.41) is 19.5. The number of aromatic nitrogens is 3. The number of hydrogen-bond acceptors (Lipinski definition) is 8. The van der Waals surface area contributed by atoms with E-state index in [4.69, 9.17) is 32.9 Å². The maximum Gasteiger partial charge on any atom is 0.306 e. The van der Waals surface area contributed by atoms with Crippen LogP contribution in [0.3, 0.4) is 0 Å². The lowest BCUT2D eigenvalue weighted by Gasteiger charge is -2.33. The standard InChI is InChI=1S/C40H45Cl2N7O5/c1-48-32-15-17-49(21-23-6-8-24(9-7-23)40(52)53)22-31(32)46-38(48)39(51)47-30-5-3-4-28(35(30)41)29-14-16-44-37(36(29)42)25-10-11-26(33(18-25)54-2)19-43-20-27-12-13-34(50)45-27/h3-5,10-11,14,16,18,23-24,27,43H,6-9,12-13,15,17,19-22H2,1-2H3,(H,45,50)(H,47,51)(H,52,53)/t23-,24+,27-/m1/s1.